The molecular formula is C10H18N4. The van der Waals surface area contributed by atoms with Crippen molar-refractivity contribution in [2.45, 2.75) is 33.9 Å². The average Bonchev–Trinajstić information content (AvgIpc) is 2.47. The summed E-state index contributed by atoms with van der Waals surface area (Å²) in [5.74, 6) is 1.10. The van der Waals surface area contributed by atoms with Gasteiger partial charge in [-0.1, -0.05) is 20.8 Å². The average molecular weight is 194 g/mol. The van der Waals surface area contributed by atoms with Gasteiger partial charge in [0.05, 0.1) is 13.1 Å². The van der Waals surface area contributed by atoms with E-state index in [-0.39, 0.29) is 0 Å². The summed E-state index contributed by atoms with van der Waals surface area (Å²) in [6.07, 6.45) is 1.65. The molecular weight excluding hydrogens is 176 g/mol. The molecule has 1 aliphatic rings. The first-order valence-electron chi connectivity index (χ1n) is 5.14. The van der Waals surface area contributed by atoms with Gasteiger partial charge >= 0.3 is 0 Å². The number of hydrogen-bond acceptors (Lipinski definition) is 3. The molecule has 0 unspecified atom stereocenters. The second-order valence-corrected chi connectivity index (χ2v) is 5.17. The van der Waals surface area contributed by atoms with Crippen molar-refractivity contribution in [1.82, 2.24) is 19.7 Å². The largest absolute Gasteiger partial charge is 0.294 e. The molecule has 2 heterocycles. The van der Waals surface area contributed by atoms with Crippen LogP contribution in [0.5, 0.6) is 0 Å². The molecule has 0 bridgehead atoms. The fraction of sp³-hybridized carbons (Fsp3) is 0.800. The fourth-order valence-corrected chi connectivity index (χ4v) is 1.92. The Balaban J connectivity index is 2.01. The Hall–Kier alpha value is -0.900. The smallest absolute Gasteiger partial charge is 0.141 e. The standard InChI is InChI=1S/C10H18N4/c1-10(2,3)7-13-4-5-14-9(6-13)11-8-12-14/h8H,4-7H2,1-3H3. The molecule has 0 radical (unpaired) electrons. The molecule has 78 valence electrons. The Morgan fingerprint density at radius 3 is 2.86 bits per heavy atom. The van der Waals surface area contributed by atoms with Crippen LogP contribution in [0.3, 0.4) is 0 Å². The summed E-state index contributed by atoms with van der Waals surface area (Å²) in [5, 5.41) is 4.17. The lowest BCUT2D eigenvalue weighted by atomic mass is 9.96. The van der Waals surface area contributed by atoms with Gasteiger partial charge in [0.2, 0.25) is 0 Å². The van der Waals surface area contributed by atoms with Gasteiger partial charge in [-0.25, -0.2) is 9.67 Å². The minimum Gasteiger partial charge on any atom is -0.294 e. The minimum absolute atomic E-state index is 0.363. The lowest BCUT2D eigenvalue weighted by Gasteiger charge is -2.32. The van der Waals surface area contributed by atoms with Crippen LogP contribution in [0.1, 0.15) is 26.6 Å². The first-order chi connectivity index (χ1) is 6.54. The van der Waals surface area contributed by atoms with Gasteiger partial charge in [0.15, 0.2) is 0 Å². The molecule has 14 heavy (non-hydrogen) atoms. The summed E-state index contributed by atoms with van der Waals surface area (Å²) in [4.78, 5) is 6.70. The van der Waals surface area contributed by atoms with Crippen molar-refractivity contribution in [2.75, 3.05) is 13.1 Å². The molecule has 1 aromatic rings. The Labute approximate surface area is 84.9 Å². The third-order valence-electron chi connectivity index (χ3n) is 2.39. The number of rotatable bonds is 1. The molecule has 0 aromatic carbocycles. The Morgan fingerprint density at radius 1 is 1.36 bits per heavy atom. The van der Waals surface area contributed by atoms with E-state index < -0.39 is 0 Å². The van der Waals surface area contributed by atoms with Crippen LogP contribution in [-0.2, 0) is 13.1 Å². The molecule has 0 amide bonds. The lowest BCUT2D eigenvalue weighted by molar-refractivity contribution is 0.150. The van der Waals surface area contributed by atoms with E-state index in [4.69, 9.17) is 0 Å². The topological polar surface area (TPSA) is 34.0 Å². The van der Waals surface area contributed by atoms with Crippen molar-refractivity contribution in [3.05, 3.63) is 12.2 Å². The van der Waals surface area contributed by atoms with Crippen LogP contribution in [-0.4, -0.2) is 32.8 Å². The third kappa shape index (κ3) is 2.12. The molecule has 0 fully saturated rings. The van der Waals surface area contributed by atoms with Crippen molar-refractivity contribution >= 4 is 0 Å². The summed E-state index contributed by atoms with van der Waals surface area (Å²) in [6.45, 7) is 10.9. The predicted octanol–water partition coefficient (Wildman–Crippen LogP) is 1.14. The summed E-state index contributed by atoms with van der Waals surface area (Å²) in [6, 6.07) is 0. The normalized spacial score (nSPS) is 18.2. The van der Waals surface area contributed by atoms with Gasteiger partial charge in [-0.3, -0.25) is 4.90 Å². The van der Waals surface area contributed by atoms with Crippen LogP contribution in [0.15, 0.2) is 6.33 Å². The Kier molecular flexibility index (Phi) is 2.31. The molecule has 0 saturated carbocycles. The Morgan fingerprint density at radius 2 is 2.14 bits per heavy atom. The number of aromatic nitrogens is 3. The molecule has 0 saturated heterocycles. The zero-order chi connectivity index (χ0) is 10.2. The highest BCUT2D eigenvalue weighted by atomic mass is 15.4. The van der Waals surface area contributed by atoms with Gasteiger partial charge in [0.25, 0.3) is 0 Å². The molecule has 4 heteroatoms. The number of fused-ring (bicyclic) bond motifs is 1. The summed E-state index contributed by atoms with van der Waals surface area (Å²) in [5.41, 5.74) is 0.363. The maximum Gasteiger partial charge on any atom is 0.141 e. The van der Waals surface area contributed by atoms with Crippen LogP contribution in [0.2, 0.25) is 0 Å². The van der Waals surface area contributed by atoms with E-state index in [9.17, 15) is 0 Å². The fourth-order valence-electron chi connectivity index (χ4n) is 1.92. The van der Waals surface area contributed by atoms with Gasteiger partial charge in [-0.15, -0.1) is 0 Å². The van der Waals surface area contributed by atoms with Gasteiger partial charge in [0, 0.05) is 13.1 Å². The summed E-state index contributed by atoms with van der Waals surface area (Å²) in [7, 11) is 0. The van der Waals surface area contributed by atoms with Crippen molar-refractivity contribution in [2.24, 2.45) is 5.41 Å². The summed E-state index contributed by atoms with van der Waals surface area (Å²) < 4.78 is 2.00. The van der Waals surface area contributed by atoms with Crippen molar-refractivity contribution < 1.29 is 0 Å². The Bertz CT molecular complexity index is 310. The molecule has 1 aromatic heterocycles. The van der Waals surface area contributed by atoms with E-state index in [1.165, 1.54) is 0 Å². The van der Waals surface area contributed by atoms with Crippen molar-refractivity contribution in [3.63, 3.8) is 0 Å². The SMILES string of the molecule is CC(C)(C)CN1CCn2ncnc2C1. The van der Waals surface area contributed by atoms with Crippen molar-refractivity contribution in [3.8, 4) is 0 Å². The van der Waals surface area contributed by atoms with Gasteiger partial charge in [0.1, 0.15) is 12.2 Å². The van der Waals surface area contributed by atoms with Gasteiger partial charge < -0.3 is 0 Å². The molecule has 2 rings (SSSR count). The molecule has 0 N–H and O–H groups in total. The summed E-state index contributed by atoms with van der Waals surface area (Å²) >= 11 is 0. The molecule has 0 aliphatic carbocycles. The van der Waals surface area contributed by atoms with Crippen LogP contribution in [0.4, 0.5) is 0 Å². The van der Waals surface area contributed by atoms with Crippen molar-refractivity contribution in [1.29, 1.82) is 0 Å². The number of nitrogens with zero attached hydrogens (tertiary/aromatic N) is 4. The zero-order valence-corrected chi connectivity index (χ0v) is 9.19. The van der Waals surface area contributed by atoms with E-state index in [0.717, 1.165) is 32.0 Å². The maximum absolute atomic E-state index is 4.25. The van der Waals surface area contributed by atoms with Crippen LogP contribution in [0, 0.1) is 5.41 Å². The first-order valence-corrected chi connectivity index (χ1v) is 5.14. The van der Waals surface area contributed by atoms with E-state index >= 15 is 0 Å². The number of hydrogen-bond donors (Lipinski definition) is 0. The van der Waals surface area contributed by atoms with E-state index in [0.29, 0.717) is 5.41 Å². The second-order valence-electron chi connectivity index (χ2n) is 5.17. The second kappa shape index (κ2) is 3.35. The predicted molar refractivity (Wildman–Crippen MR) is 54.8 cm³/mol. The maximum atomic E-state index is 4.25. The first kappa shape index (κ1) is 9.65. The van der Waals surface area contributed by atoms with Crippen LogP contribution in [0.25, 0.3) is 0 Å². The molecule has 1 aliphatic heterocycles. The molecule has 4 nitrogen and oxygen atoms in total. The third-order valence-corrected chi connectivity index (χ3v) is 2.39. The van der Waals surface area contributed by atoms with E-state index in [1.807, 2.05) is 4.68 Å². The van der Waals surface area contributed by atoms with Crippen LogP contribution < -0.4 is 0 Å². The molecule has 0 spiro atoms. The van der Waals surface area contributed by atoms with E-state index in [2.05, 4.69) is 35.8 Å². The van der Waals surface area contributed by atoms with Gasteiger partial charge in [-0.05, 0) is 5.41 Å². The quantitative estimate of drug-likeness (QED) is 0.672. The van der Waals surface area contributed by atoms with Gasteiger partial charge in [-0.2, -0.15) is 5.10 Å². The highest BCUT2D eigenvalue weighted by Gasteiger charge is 2.21. The van der Waals surface area contributed by atoms with Crippen LogP contribution >= 0.6 is 0 Å². The minimum atomic E-state index is 0.363. The molecule has 0 atom stereocenters. The monoisotopic (exact) mass is 194 g/mol. The highest BCUT2D eigenvalue weighted by molar-refractivity contribution is 4.89. The highest BCUT2D eigenvalue weighted by Crippen LogP contribution is 2.18. The van der Waals surface area contributed by atoms with E-state index in [1.54, 1.807) is 6.33 Å². The lowest BCUT2D eigenvalue weighted by Crippen LogP contribution is -2.39. The zero-order valence-electron chi connectivity index (χ0n) is 9.19.